The summed E-state index contributed by atoms with van der Waals surface area (Å²) < 4.78 is 30.6. The van der Waals surface area contributed by atoms with Crippen LogP contribution in [0.5, 0.6) is 0 Å². The fourth-order valence-electron chi connectivity index (χ4n) is 3.60. The van der Waals surface area contributed by atoms with Crippen LogP contribution >= 0.6 is 0 Å². The molecule has 0 bridgehead atoms. The Hall–Kier alpha value is -2.90. The van der Waals surface area contributed by atoms with Crippen molar-refractivity contribution < 1.29 is 28.2 Å². The Morgan fingerprint density at radius 3 is 2.76 bits per heavy atom. The monoisotopic (exact) mass is 399 g/mol. The van der Waals surface area contributed by atoms with Crippen LogP contribution in [0.25, 0.3) is 22.3 Å². The fourth-order valence-corrected chi connectivity index (χ4v) is 3.60. The Balaban J connectivity index is 1.90. The zero-order valence-corrected chi connectivity index (χ0v) is 16.2. The van der Waals surface area contributed by atoms with Crippen LogP contribution in [0.3, 0.4) is 0 Å². The van der Waals surface area contributed by atoms with E-state index in [-0.39, 0.29) is 31.2 Å². The highest BCUT2D eigenvalue weighted by Gasteiger charge is 2.28. The van der Waals surface area contributed by atoms with Gasteiger partial charge in [-0.2, -0.15) is 0 Å². The molecule has 2 aromatic carbocycles. The van der Waals surface area contributed by atoms with Gasteiger partial charge in [-0.15, -0.1) is 0 Å². The summed E-state index contributed by atoms with van der Waals surface area (Å²) in [7, 11) is 0. The second-order valence-electron chi connectivity index (χ2n) is 6.93. The van der Waals surface area contributed by atoms with E-state index in [9.17, 15) is 14.3 Å². The number of fused-ring (bicyclic) bond motifs is 2. The molecule has 0 unspecified atom stereocenters. The molecule has 1 aliphatic heterocycles. The largest absolute Gasteiger partial charge is 0.462 e. The summed E-state index contributed by atoms with van der Waals surface area (Å²) in [6, 6.07) is 9.44. The first-order valence-electron chi connectivity index (χ1n) is 9.55. The molecule has 0 radical (unpaired) electrons. The van der Waals surface area contributed by atoms with Crippen LogP contribution in [-0.4, -0.2) is 36.9 Å². The molecule has 0 saturated carbocycles. The van der Waals surface area contributed by atoms with Crippen molar-refractivity contribution in [3.8, 4) is 11.3 Å². The number of ether oxygens (including phenoxy) is 2. The Labute approximate surface area is 167 Å². The molecule has 0 amide bonds. The molecule has 4 rings (SSSR count). The summed E-state index contributed by atoms with van der Waals surface area (Å²) in [5.74, 6) is -0.544. The van der Waals surface area contributed by atoms with Crippen LogP contribution in [0.2, 0.25) is 0 Å². The van der Waals surface area contributed by atoms with E-state index in [1.165, 1.54) is 12.1 Å². The number of aliphatic hydroxyl groups is 1. The number of esters is 1. The molecular weight excluding hydrogens is 377 g/mol. The van der Waals surface area contributed by atoms with E-state index in [1.54, 1.807) is 19.1 Å². The summed E-state index contributed by atoms with van der Waals surface area (Å²) in [4.78, 5) is 12.8. The van der Waals surface area contributed by atoms with Crippen LogP contribution in [0.15, 0.2) is 40.8 Å². The van der Waals surface area contributed by atoms with Gasteiger partial charge in [0.25, 0.3) is 0 Å². The third-order valence-electron chi connectivity index (χ3n) is 5.00. The second-order valence-corrected chi connectivity index (χ2v) is 6.93. The first-order valence-corrected chi connectivity index (χ1v) is 9.55. The zero-order chi connectivity index (χ0) is 20.5. The van der Waals surface area contributed by atoms with Crippen LogP contribution in [-0.2, 0) is 9.47 Å². The van der Waals surface area contributed by atoms with Gasteiger partial charge in [-0.05, 0) is 44.2 Å². The predicted molar refractivity (Wildman–Crippen MR) is 106 cm³/mol. The molecule has 152 valence electrons. The van der Waals surface area contributed by atoms with Crippen molar-refractivity contribution in [2.45, 2.75) is 26.1 Å². The van der Waals surface area contributed by atoms with Gasteiger partial charge in [0.2, 0.25) is 0 Å². The Bertz CT molecular complexity index is 1040. The standard InChI is InChI=1S/C22H22FNO5/c1-3-27-22(26)20-17-8-16-12(2)28-15(11-25)10-24-18(16)9-19(17)29-21(20)13-4-6-14(23)7-5-13/h4-9,12,15,24-25H,3,10-11H2,1-2H3/t12-,15+/m0/s1. The van der Waals surface area contributed by atoms with Crippen molar-refractivity contribution in [3.05, 3.63) is 53.3 Å². The van der Waals surface area contributed by atoms with E-state index in [0.29, 0.717) is 34.4 Å². The molecule has 0 saturated heterocycles. The van der Waals surface area contributed by atoms with Gasteiger partial charge in [-0.1, -0.05) is 0 Å². The number of nitrogens with one attached hydrogen (secondary N) is 1. The molecule has 29 heavy (non-hydrogen) atoms. The SMILES string of the molecule is CCOC(=O)c1c(-c2ccc(F)cc2)oc2cc3c(cc12)[C@H](C)O[C@@H](CO)CN3. The second kappa shape index (κ2) is 7.85. The maximum atomic E-state index is 13.4. The van der Waals surface area contributed by atoms with Gasteiger partial charge >= 0.3 is 5.97 Å². The number of hydrogen-bond donors (Lipinski definition) is 2. The van der Waals surface area contributed by atoms with Crippen molar-refractivity contribution in [1.82, 2.24) is 0 Å². The number of carbonyl (C=O) groups excluding carboxylic acids is 1. The summed E-state index contributed by atoms with van der Waals surface area (Å²) in [6.45, 7) is 4.21. The Morgan fingerprint density at radius 2 is 2.07 bits per heavy atom. The number of benzene rings is 2. The van der Waals surface area contributed by atoms with E-state index >= 15 is 0 Å². The molecule has 0 spiro atoms. The van der Waals surface area contributed by atoms with E-state index in [2.05, 4.69) is 5.32 Å². The number of furan rings is 1. The van der Waals surface area contributed by atoms with Crippen LogP contribution in [0.4, 0.5) is 10.1 Å². The molecule has 3 aromatic rings. The molecule has 6 nitrogen and oxygen atoms in total. The summed E-state index contributed by atoms with van der Waals surface area (Å²) in [6.07, 6.45) is -0.622. The van der Waals surface area contributed by atoms with Crippen LogP contribution in [0.1, 0.15) is 35.9 Å². The number of carbonyl (C=O) groups is 1. The Kier molecular flexibility index (Phi) is 5.25. The molecular formula is C22H22FNO5. The molecule has 0 fully saturated rings. The lowest BCUT2D eigenvalue weighted by atomic mass is 10.0. The van der Waals surface area contributed by atoms with Crippen molar-refractivity contribution in [2.24, 2.45) is 0 Å². The van der Waals surface area contributed by atoms with E-state index in [4.69, 9.17) is 13.9 Å². The summed E-state index contributed by atoms with van der Waals surface area (Å²) >= 11 is 0. The van der Waals surface area contributed by atoms with E-state index in [1.807, 2.05) is 19.1 Å². The first kappa shape index (κ1) is 19.4. The van der Waals surface area contributed by atoms with Gasteiger partial charge in [-0.25, -0.2) is 9.18 Å². The average molecular weight is 399 g/mol. The van der Waals surface area contributed by atoms with E-state index in [0.717, 1.165) is 11.3 Å². The van der Waals surface area contributed by atoms with Gasteiger partial charge in [0, 0.05) is 34.8 Å². The van der Waals surface area contributed by atoms with Gasteiger partial charge in [0.05, 0.1) is 25.4 Å². The van der Waals surface area contributed by atoms with Crippen molar-refractivity contribution in [2.75, 3.05) is 25.1 Å². The predicted octanol–water partition coefficient (Wildman–Crippen LogP) is 4.28. The minimum Gasteiger partial charge on any atom is -0.462 e. The van der Waals surface area contributed by atoms with Crippen molar-refractivity contribution >= 4 is 22.6 Å². The van der Waals surface area contributed by atoms with Crippen LogP contribution in [0, 0.1) is 5.82 Å². The van der Waals surface area contributed by atoms with E-state index < -0.39 is 5.97 Å². The maximum absolute atomic E-state index is 13.4. The molecule has 1 aromatic heterocycles. The Morgan fingerprint density at radius 1 is 1.31 bits per heavy atom. The third-order valence-corrected chi connectivity index (χ3v) is 5.00. The highest BCUT2D eigenvalue weighted by molar-refractivity contribution is 6.09. The minimum absolute atomic E-state index is 0.0930. The number of halogens is 1. The number of aliphatic hydroxyl groups excluding tert-OH is 1. The minimum atomic E-state index is -0.506. The van der Waals surface area contributed by atoms with Gasteiger partial charge in [-0.3, -0.25) is 0 Å². The molecule has 2 N–H and O–H groups in total. The molecule has 7 heteroatoms. The number of rotatable bonds is 4. The van der Waals surface area contributed by atoms with Crippen molar-refractivity contribution in [1.29, 1.82) is 0 Å². The summed E-state index contributed by atoms with van der Waals surface area (Å²) in [5.41, 5.74) is 3.05. The zero-order valence-electron chi connectivity index (χ0n) is 16.2. The van der Waals surface area contributed by atoms with Gasteiger partial charge < -0.3 is 24.3 Å². The molecule has 2 heterocycles. The smallest absolute Gasteiger partial charge is 0.342 e. The normalized spacial score (nSPS) is 18.8. The number of anilines is 1. The molecule has 1 aliphatic rings. The van der Waals surface area contributed by atoms with Crippen LogP contribution < -0.4 is 5.32 Å². The highest BCUT2D eigenvalue weighted by atomic mass is 19.1. The van der Waals surface area contributed by atoms with Gasteiger partial charge in [0.15, 0.2) is 0 Å². The maximum Gasteiger partial charge on any atom is 0.342 e. The third kappa shape index (κ3) is 3.59. The number of hydrogen-bond acceptors (Lipinski definition) is 6. The fraction of sp³-hybridized carbons (Fsp3) is 0.318. The summed E-state index contributed by atoms with van der Waals surface area (Å²) in [5, 5.41) is 13.3. The quantitative estimate of drug-likeness (QED) is 0.638. The topological polar surface area (TPSA) is 80.9 Å². The van der Waals surface area contributed by atoms with Gasteiger partial charge in [0.1, 0.15) is 22.7 Å². The molecule has 0 aliphatic carbocycles. The van der Waals surface area contributed by atoms with Crippen molar-refractivity contribution in [3.63, 3.8) is 0 Å². The first-order chi connectivity index (χ1) is 14.0. The highest BCUT2D eigenvalue weighted by Crippen LogP contribution is 2.40. The lowest BCUT2D eigenvalue weighted by Crippen LogP contribution is -2.25. The lowest BCUT2D eigenvalue weighted by Gasteiger charge is -2.16. The lowest BCUT2D eigenvalue weighted by molar-refractivity contribution is -0.0216. The average Bonchev–Trinajstić information content (AvgIpc) is 3.01. The molecule has 2 atom stereocenters.